The summed E-state index contributed by atoms with van der Waals surface area (Å²) in [5.41, 5.74) is 5.13. The largest absolute Gasteiger partial charge is 0.321 e. The third-order valence-corrected chi connectivity index (χ3v) is 3.57. The van der Waals surface area contributed by atoms with Gasteiger partial charge in [0.1, 0.15) is 0 Å². The molecule has 0 saturated carbocycles. The van der Waals surface area contributed by atoms with Gasteiger partial charge in [-0.3, -0.25) is 0 Å². The first-order valence-electron chi connectivity index (χ1n) is 5.93. The lowest BCUT2D eigenvalue weighted by Crippen LogP contribution is -2.31. The van der Waals surface area contributed by atoms with Crippen LogP contribution in [0.5, 0.6) is 0 Å². The summed E-state index contributed by atoms with van der Waals surface area (Å²) >= 11 is 0. The lowest BCUT2D eigenvalue weighted by atomic mass is 10.0. The molecule has 82 valence electrons. The van der Waals surface area contributed by atoms with Gasteiger partial charge in [0.2, 0.25) is 0 Å². The van der Waals surface area contributed by atoms with Crippen molar-refractivity contribution in [2.24, 2.45) is 4.99 Å². The van der Waals surface area contributed by atoms with E-state index < -0.39 is 0 Å². The minimum Gasteiger partial charge on any atom is -0.321 e. The number of hydrogen-bond acceptors (Lipinski definition) is 2. The van der Waals surface area contributed by atoms with Gasteiger partial charge in [0.25, 0.3) is 0 Å². The van der Waals surface area contributed by atoms with Crippen LogP contribution in [0.1, 0.15) is 6.42 Å². The highest BCUT2D eigenvalue weighted by atomic mass is 15.2. The molecule has 1 unspecified atom stereocenters. The Morgan fingerprint density at radius 3 is 3.24 bits per heavy atom. The second-order valence-electron chi connectivity index (χ2n) is 4.53. The fourth-order valence-electron chi connectivity index (χ4n) is 2.72. The molecule has 0 N–H and O–H groups in total. The molecule has 2 nitrogen and oxygen atoms in total. The Bertz CT molecular complexity index is 594. The van der Waals surface area contributed by atoms with Gasteiger partial charge in [0.05, 0.1) is 18.1 Å². The molecule has 0 saturated heterocycles. The monoisotopic (exact) mass is 220 g/mol. The Balaban J connectivity index is 1.89. The topological polar surface area (TPSA) is 15.6 Å². The standard InChI is InChI=1S/C15H12N2/c1-4-8-14-11(5-1)9-15-12-6-2-3-7-13(12)16-10-17(14)15/h1-5,7-10,14H,6H2. The highest BCUT2D eigenvalue weighted by molar-refractivity contribution is 5.73. The molecule has 2 heteroatoms. The summed E-state index contributed by atoms with van der Waals surface area (Å²) in [4.78, 5) is 6.81. The molecular weight excluding hydrogens is 208 g/mol. The van der Waals surface area contributed by atoms with Gasteiger partial charge >= 0.3 is 0 Å². The third-order valence-electron chi connectivity index (χ3n) is 3.57. The van der Waals surface area contributed by atoms with Crippen molar-refractivity contribution >= 4 is 6.34 Å². The lowest BCUT2D eigenvalue weighted by Gasteiger charge is -2.29. The van der Waals surface area contributed by atoms with Crippen molar-refractivity contribution in [2.45, 2.75) is 12.5 Å². The molecule has 17 heavy (non-hydrogen) atoms. The predicted octanol–water partition coefficient (Wildman–Crippen LogP) is 2.86. The van der Waals surface area contributed by atoms with Crippen molar-refractivity contribution in [2.75, 3.05) is 0 Å². The van der Waals surface area contributed by atoms with E-state index in [4.69, 9.17) is 0 Å². The van der Waals surface area contributed by atoms with E-state index in [9.17, 15) is 0 Å². The summed E-state index contributed by atoms with van der Waals surface area (Å²) in [6.07, 6.45) is 20.2. The predicted molar refractivity (Wildman–Crippen MR) is 69.3 cm³/mol. The van der Waals surface area contributed by atoms with Crippen molar-refractivity contribution in [1.82, 2.24) is 4.90 Å². The van der Waals surface area contributed by atoms with E-state index in [1.54, 1.807) is 0 Å². The van der Waals surface area contributed by atoms with Crippen LogP contribution in [0.2, 0.25) is 0 Å². The first kappa shape index (κ1) is 8.99. The second-order valence-corrected chi connectivity index (χ2v) is 4.53. The van der Waals surface area contributed by atoms with Crippen LogP contribution < -0.4 is 0 Å². The number of nitrogens with zero attached hydrogens (tertiary/aromatic N) is 2. The quantitative estimate of drug-likeness (QED) is 0.613. The van der Waals surface area contributed by atoms with Crippen molar-refractivity contribution in [3.63, 3.8) is 0 Å². The summed E-state index contributed by atoms with van der Waals surface area (Å²) in [5.74, 6) is 0. The normalized spacial score (nSPS) is 27.8. The first-order valence-corrected chi connectivity index (χ1v) is 5.93. The number of rotatable bonds is 0. The second kappa shape index (κ2) is 3.20. The molecule has 0 spiro atoms. The van der Waals surface area contributed by atoms with E-state index in [2.05, 4.69) is 58.5 Å². The number of aliphatic imine (C=N–C) groups is 1. The van der Waals surface area contributed by atoms with E-state index in [1.165, 1.54) is 16.8 Å². The summed E-state index contributed by atoms with van der Waals surface area (Å²) in [6.45, 7) is 0. The Morgan fingerprint density at radius 1 is 1.24 bits per heavy atom. The van der Waals surface area contributed by atoms with Crippen LogP contribution in [0.25, 0.3) is 0 Å². The van der Waals surface area contributed by atoms with E-state index in [0.29, 0.717) is 6.04 Å². The minimum absolute atomic E-state index is 0.346. The molecule has 2 heterocycles. The van der Waals surface area contributed by atoms with Gasteiger partial charge in [-0.15, -0.1) is 0 Å². The molecule has 0 radical (unpaired) electrons. The number of hydrogen-bond donors (Lipinski definition) is 0. The Hall–Kier alpha value is -2.09. The van der Waals surface area contributed by atoms with Crippen LogP contribution in [-0.2, 0) is 0 Å². The summed E-state index contributed by atoms with van der Waals surface area (Å²) in [6, 6.07) is 0.346. The molecular formula is C15H12N2. The summed E-state index contributed by atoms with van der Waals surface area (Å²) in [7, 11) is 0. The molecule has 0 aromatic heterocycles. The van der Waals surface area contributed by atoms with Gasteiger partial charge in [-0.25, -0.2) is 4.99 Å². The molecule has 1 atom stereocenters. The fourth-order valence-corrected chi connectivity index (χ4v) is 2.72. The molecule has 2 aliphatic heterocycles. The molecule has 0 aromatic rings. The van der Waals surface area contributed by atoms with E-state index in [1.807, 2.05) is 6.34 Å². The van der Waals surface area contributed by atoms with Gasteiger partial charge in [0.15, 0.2) is 0 Å². The minimum atomic E-state index is 0.346. The Labute approximate surface area is 100 Å². The van der Waals surface area contributed by atoms with Crippen LogP contribution in [0.3, 0.4) is 0 Å². The molecule has 0 fully saturated rings. The van der Waals surface area contributed by atoms with E-state index in [0.717, 1.165) is 12.1 Å². The van der Waals surface area contributed by atoms with Gasteiger partial charge in [-0.05, 0) is 24.1 Å². The van der Waals surface area contributed by atoms with Crippen molar-refractivity contribution in [3.05, 3.63) is 71.1 Å². The molecule has 2 aliphatic carbocycles. The average molecular weight is 220 g/mol. The SMILES string of the molecule is C1=CCC2=C3C=C4C=CC=CC4N3C=NC2=C1. The number of allylic oxidation sites excluding steroid dienone is 7. The van der Waals surface area contributed by atoms with E-state index in [-0.39, 0.29) is 0 Å². The molecule has 0 amide bonds. The number of fused-ring (bicyclic) bond motifs is 4. The van der Waals surface area contributed by atoms with Gasteiger partial charge < -0.3 is 4.90 Å². The maximum absolute atomic E-state index is 4.55. The highest BCUT2D eigenvalue weighted by Gasteiger charge is 2.31. The first-order chi connectivity index (χ1) is 8.43. The molecule has 0 bridgehead atoms. The average Bonchev–Trinajstić information content (AvgIpc) is 2.78. The Kier molecular flexibility index (Phi) is 1.69. The van der Waals surface area contributed by atoms with Crippen LogP contribution in [0.4, 0.5) is 0 Å². The fraction of sp³-hybridized carbons (Fsp3) is 0.133. The van der Waals surface area contributed by atoms with Crippen LogP contribution in [-0.4, -0.2) is 17.3 Å². The Morgan fingerprint density at radius 2 is 2.24 bits per heavy atom. The zero-order chi connectivity index (χ0) is 11.2. The zero-order valence-corrected chi connectivity index (χ0v) is 9.38. The van der Waals surface area contributed by atoms with Crippen molar-refractivity contribution in [3.8, 4) is 0 Å². The zero-order valence-electron chi connectivity index (χ0n) is 9.38. The summed E-state index contributed by atoms with van der Waals surface area (Å²) < 4.78 is 0. The van der Waals surface area contributed by atoms with E-state index >= 15 is 0 Å². The van der Waals surface area contributed by atoms with Crippen LogP contribution >= 0.6 is 0 Å². The maximum atomic E-state index is 4.55. The van der Waals surface area contributed by atoms with Crippen molar-refractivity contribution < 1.29 is 0 Å². The molecule has 4 aliphatic rings. The van der Waals surface area contributed by atoms with Gasteiger partial charge in [-0.1, -0.05) is 36.5 Å². The van der Waals surface area contributed by atoms with Gasteiger partial charge in [0, 0.05) is 11.3 Å². The van der Waals surface area contributed by atoms with Gasteiger partial charge in [-0.2, -0.15) is 0 Å². The third kappa shape index (κ3) is 1.18. The highest BCUT2D eigenvalue weighted by Crippen LogP contribution is 2.37. The summed E-state index contributed by atoms with van der Waals surface area (Å²) in [5, 5.41) is 0. The van der Waals surface area contributed by atoms with Crippen molar-refractivity contribution in [1.29, 1.82) is 0 Å². The van der Waals surface area contributed by atoms with Crippen LogP contribution in [0, 0.1) is 0 Å². The lowest BCUT2D eigenvalue weighted by molar-refractivity contribution is 0.524. The maximum Gasteiger partial charge on any atom is 0.0965 e. The smallest absolute Gasteiger partial charge is 0.0965 e. The molecule has 4 rings (SSSR count). The van der Waals surface area contributed by atoms with Crippen LogP contribution in [0.15, 0.2) is 76.1 Å². The molecule has 0 aromatic carbocycles.